The summed E-state index contributed by atoms with van der Waals surface area (Å²) >= 11 is 5.95. The van der Waals surface area contributed by atoms with Crippen LogP contribution in [0.5, 0.6) is 0 Å². The first-order chi connectivity index (χ1) is 11.9. The maximum atomic E-state index is 12.4. The van der Waals surface area contributed by atoms with E-state index in [9.17, 15) is 4.79 Å². The number of carbonyl (C=O) groups is 1. The molecular weight excluding hydrogens is 338 g/mol. The normalized spacial score (nSPS) is 12.5. The van der Waals surface area contributed by atoms with Gasteiger partial charge in [0.05, 0.1) is 12.2 Å². The van der Waals surface area contributed by atoms with Crippen LogP contribution in [0, 0.1) is 13.8 Å². The van der Waals surface area contributed by atoms with Gasteiger partial charge < -0.3 is 15.1 Å². The summed E-state index contributed by atoms with van der Waals surface area (Å²) in [5, 5.41) is 6.87. The molecule has 0 aliphatic carbocycles. The molecule has 1 aromatic carbocycles. The first-order valence-electron chi connectivity index (χ1n) is 8.16. The summed E-state index contributed by atoms with van der Waals surface area (Å²) in [6.07, 6.45) is 2.39. The van der Waals surface area contributed by atoms with Gasteiger partial charge in [0.15, 0.2) is 5.89 Å². The second-order valence-corrected chi connectivity index (χ2v) is 6.01. The number of halogens is 1. The van der Waals surface area contributed by atoms with Crippen LogP contribution < -0.4 is 10.6 Å². The Kier molecular flexibility index (Phi) is 8.22. The minimum absolute atomic E-state index is 0.0970. The van der Waals surface area contributed by atoms with Gasteiger partial charge in [-0.2, -0.15) is 0 Å². The van der Waals surface area contributed by atoms with Crippen molar-refractivity contribution in [2.45, 2.75) is 46.2 Å². The number of amides is 1. The summed E-state index contributed by atoms with van der Waals surface area (Å²) in [7, 11) is 0. The summed E-state index contributed by atoms with van der Waals surface area (Å²) in [5.41, 5.74) is 1.88. The van der Waals surface area contributed by atoms with Gasteiger partial charge in [-0.15, -0.1) is 13.2 Å². The fourth-order valence-electron chi connectivity index (χ4n) is 2.30. The topological polar surface area (TPSA) is 67.2 Å². The zero-order chi connectivity index (χ0) is 19.0. The average Bonchev–Trinajstić information content (AvgIpc) is 3.03. The van der Waals surface area contributed by atoms with E-state index in [0.717, 1.165) is 17.7 Å². The van der Waals surface area contributed by atoms with E-state index in [2.05, 4.69) is 28.8 Å². The lowest BCUT2D eigenvalue weighted by Gasteiger charge is -2.20. The summed E-state index contributed by atoms with van der Waals surface area (Å²) in [4.78, 5) is 16.5. The number of benzene rings is 1. The molecule has 2 unspecified atom stereocenters. The van der Waals surface area contributed by atoms with Crippen LogP contribution in [0.25, 0.3) is 0 Å². The number of nitrogens with zero attached hydrogens (tertiary/aromatic N) is 1. The number of hydrogen-bond acceptors (Lipinski definition) is 4. The summed E-state index contributed by atoms with van der Waals surface area (Å²) in [6.45, 7) is 13.5. The van der Waals surface area contributed by atoms with Crippen LogP contribution in [0.2, 0.25) is 5.02 Å². The lowest BCUT2D eigenvalue weighted by atomic mass is 10.1. The highest BCUT2D eigenvalue weighted by atomic mass is 35.5. The van der Waals surface area contributed by atoms with Crippen LogP contribution >= 0.6 is 11.6 Å². The molecule has 5 nitrogen and oxygen atoms in total. The Bertz CT molecular complexity index is 700. The SMILES string of the molecule is C=C.CCC(NC(=O)C(C)Nc1ccc(Cl)cc1C)c1cnc(C)o1. The fourth-order valence-corrected chi connectivity index (χ4v) is 2.52. The molecule has 0 aliphatic rings. The van der Waals surface area contributed by atoms with Crippen LogP contribution in [-0.4, -0.2) is 16.9 Å². The molecule has 0 aliphatic heterocycles. The number of anilines is 1. The maximum absolute atomic E-state index is 12.4. The number of carbonyl (C=O) groups excluding carboxylic acids is 1. The van der Waals surface area contributed by atoms with E-state index in [-0.39, 0.29) is 18.0 Å². The fraction of sp³-hybridized carbons (Fsp3) is 0.368. The van der Waals surface area contributed by atoms with E-state index >= 15 is 0 Å². The van der Waals surface area contributed by atoms with Crippen molar-refractivity contribution in [1.82, 2.24) is 10.3 Å². The van der Waals surface area contributed by atoms with Crippen LogP contribution in [0.3, 0.4) is 0 Å². The summed E-state index contributed by atoms with van der Waals surface area (Å²) in [5.74, 6) is 1.17. The Morgan fingerprint density at radius 3 is 2.56 bits per heavy atom. The molecule has 0 spiro atoms. The zero-order valence-electron chi connectivity index (χ0n) is 15.2. The number of oxazole rings is 1. The van der Waals surface area contributed by atoms with Gasteiger partial charge in [-0.25, -0.2) is 4.98 Å². The first kappa shape index (κ1) is 20.8. The van der Waals surface area contributed by atoms with Gasteiger partial charge in [-0.1, -0.05) is 18.5 Å². The van der Waals surface area contributed by atoms with Crippen molar-refractivity contribution in [2.24, 2.45) is 0 Å². The summed E-state index contributed by atoms with van der Waals surface area (Å²) in [6, 6.07) is 4.97. The molecule has 6 heteroatoms. The van der Waals surface area contributed by atoms with Crippen LogP contribution in [0.4, 0.5) is 5.69 Å². The third-order valence-electron chi connectivity index (χ3n) is 3.66. The molecule has 0 saturated carbocycles. The number of rotatable bonds is 6. The van der Waals surface area contributed by atoms with Crippen molar-refractivity contribution in [3.8, 4) is 0 Å². The van der Waals surface area contributed by atoms with Crippen molar-refractivity contribution >= 4 is 23.2 Å². The molecule has 1 heterocycles. The quantitative estimate of drug-likeness (QED) is 0.722. The Morgan fingerprint density at radius 2 is 2.04 bits per heavy atom. The minimum Gasteiger partial charge on any atom is -0.444 e. The highest BCUT2D eigenvalue weighted by Gasteiger charge is 2.20. The number of aromatic nitrogens is 1. The Balaban J connectivity index is 0.00000151. The molecule has 2 atom stereocenters. The molecule has 2 N–H and O–H groups in total. The summed E-state index contributed by atoms with van der Waals surface area (Å²) < 4.78 is 5.51. The standard InChI is InChI=1S/C17H22ClN3O2.C2H4/c1-5-14(16-9-19-12(4)23-16)21-17(22)11(3)20-15-7-6-13(18)8-10(15)2;1-2/h6-9,11,14,20H,5H2,1-4H3,(H,21,22);1-2H2. The monoisotopic (exact) mass is 363 g/mol. The second kappa shape index (κ2) is 9.89. The van der Waals surface area contributed by atoms with Crippen LogP contribution in [-0.2, 0) is 4.79 Å². The van der Waals surface area contributed by atoms with Crippen LogP contribution in [0.1, 0.15) is 43.5 Å². The molecule has 1 aromatic heterocycles. The third kappa shape index (κ3) is 5.94. The van der Waals surface area contributed by atoms with E-state index in [1.54, 1.807) is 19.2 Å². The van der Waals surface area contributed by atoms with Gasteiger partial charge in [-0.05, 0) is 44.0 Å². The molecule has 1 amide bonds. The molecule has 136 valence electrons. The van der Waals surface area contributed by atoms with Gasteiger partial charge in [-0.3, -0.25) is 4.79 Å². The smallest absolute Gasteiger partial charge is 0.242 e. The average molecular weight is 364 g/mol. The van der Waals surface area contributed by atoms with E-state index in [1.165, 1.54) is 0 Å². The Hall–Kier alpha value is -2.27. The zero-order valence-corrected chi connectivity index (χ0v) is 16.0. The van der Waals surface area contributed by atoms with Crippen molar-refractivity contribution in [3.05, 3.63) is 59.8 Å². The van der Waals surface area contributed by atoms with Gasteiger partial charge >= 0.3 is 0 Å². The lowest BCUT2D eigenvalue weighted by Crippen LogP contribution is -2.39. The minimum atomic E-state index is -0.382. The predicted molar refractivity (Wildman–Crippen MR) is 103 cm³/mol. The highest BCUT2D eigenvalue weighted by molar-refractivity contribution is 6.30. The highest BCUT2D eigenvalue weighted by Crippen LogP contribution is 2.21. The molecule has 25 heavy (non-hydrogen) atoms. The van der Waals surface area contributed by atoms with Crippen molar-refractivity contribution in [3.63, 3.8) is 0 Å². The molecule has 0 fully saturated rings. The third-order valence-corrected chi connectivity index (χ3v) is 3.90. The predicted octanol–water partition coefficient (Wildman–Crippen LogP) is 4.81. The molecule has 2 rings (SSSR count). The van der Waals surface area contributed by atoms with E-state index in [0.29, 0.717) is 16.7 Å². The largest absolute Gasteiger partial charge is 0.444 e. The first-order valence-corrected chi connectivity index (χ1v) is 8.54. The van der Waals surface area contributed by atoms with Gasteiger partial charge in [0.25, 0.3) is 0 Å². The van der Waals surface area contributed by atoms with Crippen LogP contribution in [0.15, 0.2) is 42.0 Å². The lowest BCUT2D eigenvalue weighted by molar-refractivity contribution is -0.122. The van der Waals surface area contributed by atoms with E-state index in [1.807, 2.05) is 32.9 Å². The molecule has 0 saturated heterocycles. The number of nitrogens with one attached hydrogen (secondary N) is 2. The van der Waals surface area contributed by atoms with Gasteiger partial charge in [0, 0.05) is 17.6 Å². The molecular formula is C19H26ClN3O2. The van der Waals surface area contributed by atoms with Gasteiger partial charge in [0.2, 0.25) is 5.91 Å². The van der Waals surface area contributed by atoms with E-state index in [4.69, 9.17) is 16.0 Å². The Labute approximate surface area is 154 Å². The molecule has 0 bridgehead atoms. The second-order valence-electron chi connectivity index (χ2n) is 5.58. The molecule has 2 aromatic rings. The maximum Gasteiger partial charge on any atom is 0.242 e. The van der Waals surface area contributed by atoms with E-state index < -0.39 is 0 Å². The molecule has 0 radical (unpaired) electrons. The van der Waals surface area contributed by atoms with Crippen molar-refractivity contribution in [1.29, 1.82) is 0 Å². The van der Waals surface area contributed by atoms with Gasteiger partial charge in [0.1, 0.15) is 11.8 Å². The Morgan fingerprint density at radius 1 is 1.36 bits per heavy atom. The number of aryl methyl sites for hydroxylation is 2. The van der Waals surface area contributed by atoms with Crippen molar-refractivity contribution in [2.75, 3.05) is 5.32 Å². The van der Waals surface area contributed by atoms with Crippen molar-refractivity contribution < 1.29 is 9.21 Å². The number of hydrogen-bond donors (Lipinski definition) is 2.